The summed E-state index contributed by atoms with van der Waals surface area (Å²) in [7, 11) is 0. The zero-order valence-electron chi connectivity index (χ0n) is 10.8. The van der Waals surface area contributed by atoms with Crippen LogP contribution in [0.25, 0.3) is 0 Å². The molecule has 0 aliphatic rings. The summed E-state index contributed by atoms with van der Waals surface area (Å²) in [5, 5.41) is 5.64. The quantitative estimate of drug-likeness (QED) is 0.555. The van der Waals surface area contributed by atoms with E-state index >= 15 is 0 Å². The Morgan fingerprint density at radius 2 is 2.00 bits per heavy atom. The fraction of sp³-hybridized carbons (Fsp3) is 0.462. The SMILES string of the molecule is CCCCNC(=O)Nc1cc(C)c(N)cc1C. The van der Waals surface area contributed by atoms with Crippen molar-refractivity contribution in [2.75, 3.05) is 17.6 Å². The van der Waals surface area contributed by atoms with E-state index in [-0.39, 0.29) is 6.03 Å². The largest absolute Gasteiger partial charge is 0.399 e. The molecule has 0 heterocycles. The van der Waals surface area contributed by atoms with Crippen molar-refractivity contribution in [1.29, 1.82) is 0 Å². The van der Waals surface area contributed by atoms with E-state index in [1.807, 2.05) is 26.0 Å². The minimum atomic E-state index is -0.161. The average Bonchev–Trinajstić information content (AvgIpc) is 2.26. The van der Waals surface area contributed by atoms with Crippen LogP contribution >= 0.6 is 0 Å². The topological polar surface area (TPSA) is 67.2 Å². The number of amides is 2. The second kappa shape index (κ2) is 6.13. The lowest BCUT2D eigenvalue weighted by molar-refractivity contribution is 0.252. The van der Waals surface area contributed by atoms with Gasteiger partial charge in [0.25, 0.3) is 0 Å². The predicted octanol–water partition coefficient (Wildman–Crippen LogP) is 2.81. The smallest absolute Gasteiger partial charge is 0.319 e. The number of hydrogen-bond donors (Lipinski definition) is 3. The van der Waals surface area contributed by atoms with E-state index in [2.05, 4.69) is 17.6 Å². The summed E-state index contributed by atoms with van der Waals surface area (Å²) in [6.45, 7) is 6.65. The van der Waals surface area contributed by atoms with Crippen molar-refractivity contribution < 1.29 is 4.79 Å². The van der Waals surface area contributed by atoms with E-state index in [0.717, 1.165) is 35.3 Å². The number of aryl methyl sites for hydroxylation is 2. The van der Waals surface area contributed by atoms with Gasteiger partial charge in [0, 0.05) is 17.9 Å². The van der Waals surface area contributed by atoms with E-state index in [9.17, 15) is 4.79 Å². The lowest BCUT2D eigenvalue weighted by Gasteiger charge is -2.12. The lowest BCUT2D eigenvalue weighted by Crippen LogP contribution is -2.29. The monoisotopic (exact) mass is 235 g/mol. The number of carbonyl (C=O) groups excluding carboxylic acids is 1. The van der Waals surface area contributed by atoms with E-state index in [4.69, 9.17) is 5.73 Å². The highest BCUT2D eigenvalue weighted by Crippen LogP contribution is 2.21. The van der Waals surface area contributed by atoms with Gasteiger partial charge in [0.15, 0.2) is 0 Å². The number of anilines is 2. The molecule has 0 aromatic heterocycles. The summed E-state index contributed by atoms with van der Waals surface area (Å²) in [5.74, 6) is 0. The maximum atomic E-state index is 11.6. The number of benzene rings is 1. The fourth-order valence-corrected chi connectivity index (χ4v) is 1.52. The van der Waals surface area contributed by atoms with E-state index in [1.54, 1.807) is 0 Å². The first-order valence-corrected chi connectivity index (χ1v) is 5.96. The minimum Gasteiger partial charge on any atom is -0.399 e. The molecule has 1 rings (SSSR count). The molecule has 0 radical (unpaired) electrons. The van der Waals surface area contributed by atoms with Crippen molar-refractivity contribution in [3.05, 3.63) is 23.3 Å². The summed E-state index contributed by atoms with van der Waals surface area (Å²) in [6, 6.07) is 3.60. The molecule has 0 atom stereocenters. The van der Waals surface area contributed by atoms with Crippen molar-refractivity contribution in [1.82, 2.24) is 5.32 Å². The van der Waals surface area contributed by atoms with Crippen LogP contribution in [0.5, 0.6) is 0 Å². The minimum absolute atomic E-state index is 0.161. The van der Waals surface area contributed by atoms with Crippen molar-refractivity contribution >= 4 is 17.4 Å². The second-order valence-corrected chi connectivity index (χ2v) is 4.26. The van der Waals surface area contributed by atoms with Gasteiger partial charge in [0.2, 0.25) is 0 Å². The van der Waals surface area contributed by atoms with Gasteiger partial charge in [-0.05, 0) is 43.5 Å². The van der Waals surface area contributed by atoms with Gasteiger partial charge in [-0.3, -0.25) is 0 Å². The van der Waals surface area contributed by atoms with Gasteiger partial charge >= 0.3 is 6.03 Å². The Kier molecular flexibility index (Phi) is 4.82. The van der Waals surface area contributed by atoms with Crippen LogP contribution in [0.2, 0.25) is 0 Å². The van der Waals surface area contributed by atoms with E-state index in [0.29, 0.717) is 6.54 Å². The Balaban J connectivity index is 2.62. The Morgan fingerprint density at radius 1 is 1.29 bits per heavy atom. The van der Waals surface area contributed by atoms with Gasteiger partial charge in [-0.15, -0.1) is 0 Å². The van der Waals surface area contributed by atoms with E-state index < -0.39 is 0 Å². The first kappa shape index (κ1) is 13.4. The molecule has 4 N–H and O–H groups in total. The maximum Gasteiger partial charge on any atom is 0.319 e. The van der Waals surface area contributed by atoms with Crippen LogP contribution in [0.3, 0.4) is 0 Å². The molecule has 0 bridgehead atoms. The van der Waals surface area contributed by atoms with Gasteiger partial charge in [-0.2, -0.15) is 0 Å². The van der Waals surface area contributed by atoms with Crippen molar-refractivity contribution in [3.63, 3.8) is 0 Å². The van der Waals surface area contributed by atoms with Crippen LogP contribution in [0.1, 0.15) is 30.9 Å². The molecule has 94 valence electrons. The molecule has 0 fully saturated rings. The van der Waals surface area contributed by atoms with Crippen molar-refractivity contribution in [3.8, 4) is 0 Å². The average molecular weight is 235 g/mol. The number of nitrogens with one attached hydrogen (secondary N) is 2. The van der Waals surface area contributed by atoms with Crippen molar-refractivity contribution in [2.45, 2.75) is 33.6 Å². The molecule has 4 nitrogen and oxygen atoms in total. The van der Waals surface area contributed by atoms with Gasteiger partial charge in [0.1, 0.15) is 0 Å². The Labute approximate surface area is 103 Å². The zero-order valence-corrected chi connectivity index (χ0v) is 10.8. The Hall–Kier alpha value is -1.71. The van der Waals surface area contributed by atoms with Crippen LogP contribution < -0.4 is 16.4 Å². The molecular formula is C13H21N3O. The molecule has 0 spiro atoms. The fourth-order valence-electron chi connectivity index (χ4n) is 1.52. The third-order valence-electron chi connectivity index (χ3n) is 2.68. The summed E-state index contributed by atoms with van der Waals surface area (Å²) < 4.78 is 0. The van der Waals surface area contributed by atoms with Crippen LogP contribution in [0.15, 0.2) is 12.1 Å². The highest BCUT2D eigenvalue weighted by molar-refractivity contribution is 5.90. The number of unbranched alkanes of at least 4 members (excludes halogenated alkanes) is 1. The summed E-state index contributed by atoms with van der Waals surface area (Å²) in [6.07, 6.45) is 2.06. The molecule has 0 aliphatic heterocycles. The van der Waals surface area contributed by atoms with Crippen LogP contribution in [-0.2, 0) is 0 Å². The standard InChI is InChI=1S/C13H21N3O/c1-4-5-6-15-13(17)16-12-8-9(2)11(14)7-10(12)3/h7-8H,4-6,14H2,1-3H3,(H2,15,16,17). The van der Waals surface area contributed by atoms with Gasteiger partial charge in [-0.1, -0.05) is 13.3 Å². The molecular weight excluding hydrogens is 214 g/mol. The summed E-state index contributed by atoms with van der Waals surface area (Å²) >= 11 is 0. The number of hydrogen-bond acceptors (Lipinski definition) is 2. The number of urea groups is 1. The number of nitrogen functional groups attached to an aromatic ring is 1. The number of nitrogens with two attached hydrogens (primary N) is 1. The van der Waals surface area contributed by atoms with Gasteiger partial charge in [0.05, 0.1) is 0 Å². The van der Waals surface area contributed by atoms with Crippen LogP contribution in [0.4, 0.5) is 16.2 Å². The predicted molar refractivity (Wildman–Crippen MR) is 72.3 cm³/mol. The highest BCUT2D eigenvalue weighted by Gasteiger charge is 2.05. The third kappa shape index (κ3) is 3.98. The van der Waals surface area contributed by atoms with E-state index in [1.165, 1.54) is 0 Å². The Bertz CT molecular complexity index is 402. The molecule has 1 aromatic rings. The van der Waals surface area contributed by atoms with Gasteiger partial charge < -0.3 is 16.4 Å². The first-order valence-electron chi connectivity index (χ1n) is 5.96. The summed E-state index contributed by atoms with van der Waals surface area (Å²) in [5.41, 5.74) is 9.29. The second-order valence-electron chi connectivity index (χ2n) is 4.26. The highest BCUT2D eigenvalue weighted by atomic mass is 16.2. The number of carbonyl (C=O) groups is 1. The molecule has 0 saturated carbocycles. The zero-order chi connectivity index (χ0) is 12.8. The number of rotatable bonds is 4. The molecule has 17 heavy (non-hydrogen) atoms. The first-order chi connectivity index (χ1) is 8.04. The normalized spacial score (nSPS) is 10.1. The molecule has 2 amide bonds. The van der Waals surface area contributed by atoms with Gasteiger partial charge in [-0.25, -0.2) is 4.79 Å². The van der Waals surface area contributed by atoms with Crippen LogP contribution in [0, 0.1) is 13.8 Å². The van der Waals surface area contributed by atoms with Crippen molar-refractivity contribution in [2.24, 2.45) is 0 Å². The molecule has 1 aromatic carbocycles. The maximum absolute atomic E-state index is 11.6. The lowest BCUT2D eigenvalue weighted by atomic mass is 10.1. The molecule has 0 aliphatic carbocycles. The Morgan fingerprint density at radius 3 is 2.65 bits per heavy atom. The molecule has 0 saturated heterocycles. The molecule has 0 unspecified atom stereocenters. The summed E-state index contributed by atoms with van der Waals surface area (Å²) in [4.78, 5) is 11.6. The van der Waals surface area contributed by atoms with Crippen LogP contribution in [-0.4, -0.2) is 12.6 Å². The molecule has 4 heteroatoms. The third-order valence-corrected chi connectivity index (χ3v) is 2.68.